The number of halogens is 3. The van der Waals surface area contributed by atoms with Crippen molar-refractivity contribution in [2.75, 3.05) is 7.11 Å². The highest BCUT2D eigenvalue weighted by Gasteiger charge is 2.48. The number of nitrogens with zero attached hydrogens (tertiary/aromatic N) is 1. The Morgan fingerprint density at radius 3 is 2.50 bits per heavy atom. The number of hydrogen-bond acceptors (Lipinski definition) is 5. The summed E-state index contributed by atoms with van der Waals surface area (Å²) in [5.41, 5.74) is -5.49. The third-order valence-corrected chi connectivity index (χ3v) is 2.38. The summed E-state index contributed by atoms with van der Waals surface area (Å²) in [6.07, 6.45) is 1.06. The molecule has 1 aromatic rings. The van der Waals surface area contributed by atoms with Gasteiger partial charge in [-0.15, -0.1) is 0 Å². The van der Waals surface area contributed by atoms with Crippen LogP contribution in [0.1, 0.15) is 0 Å². The molecule has 0 aliphatic carbocycles. The van der Waals surface area contributed by atoms with E-state index in [2.05, 4.69) is 13.9 Å². The van der Waals surface area contributed by atoms with Crippen molar-refractivity contribution >= 4 is 10.1 Å². The first-order valence-electron chi connectivity index (χ1n) is 3.77. The lowest BCUT2D eigenvalue weighted by Crippen LogP contribution is -2.28. The molecule has 0 saturated carbocycles. The molecule has 0 saturated heterocycles. The second-order valence-electron chi connectivity index (χ2n) is 2.52. The molecule has 0 aromatic carbocycles. The molecule has 1 heterocycles. The zero-order valence-corrected chi connectivity index (χ0v) is 8.67. The average molecular weight is 257 g/mol. The Bertz CT molecular complexity index is 471. The summed E-state index contributed by atoms with van der Waals surface area (Å²) in [5.74, 6) is -0.584. The molecule has 0 amide bonds. The summed E-state index contributed by atoms with van der Waals surface area (Å²) >= 11 is 0. The van der Waals surface area contributed by atoms with Crippen LogP contribution in [0.25, 0.3) is 0 Å². The van der Waals surface area contributed by atoms with E-state index in [4.69, 9.17) is 0 Å². The maximum absolute atomic E-state index is 11.9. The summed E-state index contributed by atoms with van der Waals surface area (Å²) in [4.78, 5) is 3.30. The van der Waals surface area contributed by atoms with Gasteiger partial charge in [0.2, 0.25) is 5.88 Å². The molecule has 0 N–H and O–H groups in total. The van der Waals surface area contributed by atoms with Crippen LogP contribution >= 0.6 is 0 Å². The van der Waals surface area contributed by atoms with Gasteiger partial charge in [0.25, 0.3) is 0 Å². The van der Waals surface area contributed by atoms with Gasteiger partial charge in [-0.1, -0.05) is 0 Å². The maximum Gasteiger partial charge on any atom is 0.534 e. The van der Waals surface area contributed by atoms with Crippen LogP contribution in [0.15, 0.2) is 18.3 Å². The standard InChI is InChI=1S/C7H6F3NO4S/c1-14-5-2-3-11-6(4-5)15-16(12,13)7(8,9)10/h2-4H,1H3. The largest absolute Gasteiger partial charge is 0.534 e. The zero-order chi connectivity index (χ0) is 12.4. The smallest absolute Gasteiger partial charge is 0.497 e. The summed E-state index contributed by atoms with van der Waals surface area (Å²) in [7, 11) is -4.43. The van der Waals surface area contributed by atoms with Gasteiger partial charge in [-0.3, -0.25) is 0 Å². The molecule has 1 rings (SSSR count). The monoisotopic (exact) mass is 257 g/mol. The zero-order valence-electron chi connectivity index (χ0n) is 7.85. The van der Waals surface area contributed by atoms with Crippen molar-refractivity contribution in [2.45, 2.75) is 5.51 Å². The first-order valence-corrected chi connectivity index (χ1v) is 5.18. The van der Waals surface area contributed by atoms with Crippen molar-refractivity contribution in [3.63, 3.8) is 0 Å². The van der Waals surface area contributed by atoms with Gasteiger partial charge in [0.15, 0.2) is 0 Å². The highest BCUT2D eigenvalue weighted by molar-refractivity contribution is 7.87. The quantitative estimate of drug-likeness (QED) is 0.603. The van der Waals surface area contributed by atoms with Crippen LogP contribution in [0, 0.1) is 0 Å². The minimum Gasteiger partial charge on any atom is -0.497 e. The highest BCUT2D eigenvalue weighted by atomic mass is 32.2. The predicted molar refractivity (Wildman–Crippen MR) is 46.4 cm³/mol. The van der Waals surface area contributed by atoms with Crippen molar-refractivity contribution in [3.8, 4) is 11.6 Å². The second kappa shape index (κ2) is 4.16. The van der Waals surface area contributed by atoms with E-state index in [9.17, 15) is 21.6 Å². The van der Waals surface area contributed by atoms with Crippen LogP contribution in [0.2, 0.25) is 0 Å². The summed E-state index contributed by atoms with van der Waals surface area (Å²) in [6.45, 7) is 0. The normalized spacial score (nSPS) is 12.2. The van der Waals surface area contributed by atoms with Gasteiger partial charge in [-0.05, 0) is 6.07 Å². The molecule has 0 atom stereocenters. The number of methoxy groups -OCH3 is 1. The molecule has 0 fully saturated rings. The number of hydrogen-bond donors (Lipinski definition) is 0. The van der Waals surface area contributed by atoms with Crippen LogP contribution < -0.4 is 8.92 Å². The molecule has 5 nitrogen and oxygen atoms in total. The fourth-order valence-corrected chi connectivity index (χ4v) is 1.13. The van der Waals surface area contributed by atoms with Gasteiger partial charge in [0.1, 0.15) is 5.75 Å². The third kappa shape index (κ3) is 2.75. The van der Waals surface area contributed by atoms with Gasteiger partial charge in [-0.2, -0.15) is 21.6 Å². The van der Waals surface area contributed by atoms with Crippen LogP contribution in [0.3, 0.4) is 0 Å². The van der Waals surface area contributed by atoms with E-state index < -0.39 is 21.5 Å². The molecule has 0 unspecified atom stereocenters. The van der Waals surface area contributed by atoms with E-state index in [0.717, 1.165) is 12.3 Å². The number of pyridine rings is 1. The van der Waals surface area contributed by atoms with Gasteiger partial charge in [0.05, 0.1) is 7.11 Å². The van der Waals surface area contributed by atoms with E-state index >= 15 is 0 Å². The van der Waals surface area contributed by atoms with Crippen LogP contribution in [0.5, 0.6) is 11.6 Å². The Morgan fingerprint density at radius 2 is 2.00 bits per heavy atom. The van der Waals surface area contributed by atoms with Crippen molar-refractivity contribution < 1.29 is 30.5 Å². The molecule has 0 bridgehead atoms. The molecule has 16 heavy (non-hydrogen) atoms. The Balaban J connectivity index is 2.97. The molecule has 0 radical (unpaired) electrons. The molecule has 0 aliphatic heterocycles. The predicted octanol–water partition coefficient (Wildman–Crippen LogP) is 1.32. The number of alkyl halides is 3. The molecule has 0 spiro atoms. The van der Waals surface area contributed by atoms with E-state index in [1.54, 1.807) is 0 Å². The van der Waals surface area contributed by atoms with Crippen LogP contribution in [-0.2, 0) is 10.1 Å². The molecule has 90 valence electrons. The molecule has 0 aliphatic rings. The lowest BCUT2D eigenvalue weighted by molar-refractivity contribution is -0.0501. The van der Waals surface area contributed by atoms with Crippen molar-refractivity contribution in [1.29, 1.82) is 0 Å². The highest BCUT2D eigenvalue weighted by Crippen LogP contribution is 2.27. The van der Waals surface area contributed by atoms with E-state index in [-0.39, 0.29) is 5.75 Å². The number of rotatable bonds is 3. The molecule has 9 heteroatoms. The van der Waals surface area contributed by atoms with Gasteiger partial charge < -0.3 is 8.92 Å². The fraction of sp³-hybridized carbons (Fsp3) is 0.286. The van der Waals surface area contributed by atoms with Crippen molar-refractivity contribution in [2.24, 2.45) is 0 Å². The van der Waals surface area contributed by atoms with Crippen LogP contribution in [0.4, 0.5) is 13.2 Å². The lowest BCUT2D eigenvalue weighted by atomic mass is 10.4. The van der Waals surface area contributed by atoms with Crippen molar-refractivity contribution in [3.05, 3.63) is 18.3 Å². The summed E-state index contributed by atoms with van der Waals surface area (Å²) < 4.78 is 65.4. The lowest BCUT2D eigenvalue weighted by Gasteiger charge is -2.08. The first-order chi connectivity index (χ1) is 7.26. The fourth-order valence-electron chi connectivity index (χ4n) is 0.723. The second-order valence-corrected chi connectivity index (χ2v) is 4.05. The third-order valence-electron chi connectivity index (χ3n) is 1.42. The van der Waals surface area contributed by atoms with Gasteiger partial charge in [-0.25, -0.2) is 4.98 Å². The Labute approximate surface area is 88.9 Å². The van der Waals surface area contributed by atoms with Crippen LogP contribution in [-0.4, -0.2) is 26.0 Å². The molecular formula is C7H6F3NO4S. The van der Waals surface area contributed by atoms with Crippen molar-refractivity contribution in [1.82, 2.24) is 4.98 Å². The molecule has 1 aromatic heterocycles. The number of aromatic nitrogens is 1. The Morgan fingerprint density at radius 1 is 1.38 bits per heavy atom. The van der Waals surface area contributed by atoms with Gasteiger partial charge in [0, 0.05) is 12.3 Å². The topological polar surface area (TPSA) is 65.5 Å². The first kappa shape index (κ1) is 12.6. The SMILES string of the molecule is COc1ccnc(OS(=O)(=O)C(F)(F)F)c1. The van der Waals surface area contributed by atoms with Gasteiger partial charge >= 0.3 is 15.6 Å². The summed E-state index contributed by atoms with van der Waals surface area (Å²) in [6, 6.07) is 2.25. The maximum atomic E-state index is 11.9. The molecular weight excluding hydrogens is 251 g/mol. The van der Waals surface area contributed by atoms with E-state index in [0.29, 0.717) is 0 Å². The van der Waals surface area contributed by atoms with E-state index in [1.165, 1.54) is 13.2 Å². The average Bonchev–Trinajstić information content (AvgIpc) is 2.15. The minimum absolute atomic E-state index is 0.127. The van der Waals surface area contributed by atoms with E-state index in [1.807, 2.05) is 0 Å². The Kier molecular flexibility index (Phi) is 3.27. The Hall–Kier alpha value is -1.51. The summed E-state index contributed by atoms with van der Waals surface area (Å²) in [5, 5.41) is 0. The number of ether oxygens (including phenoxy) is 1. The minimum atomic E-state index is -5.69.